The largest absolute Gasteiger partial charge is 0.134 e. The Balaban J connectivity index is 1.38. The Hall–Kier alpha value is -5.54. The molecule has 0 spiro atoms. The summed E-state index contributed by atoms with van der Waals surface area (Å²) in [4.78, 5) is 0. The molecule has 11 aromatic rings. The van der Waals surface area contributed by atoms with Gasteiger partial charge in [-0.25, -0.2) is 0 Å². The normalized spacial score (nSPS) is 12.2. The van der Waals surface area contributed by atoms with E-state index in [0.29, 0.717) is 0 Å². The molecule has 0 unspecified atom stereocenters. The number of benzene rings is 9. The van der Waals surface area contributed by atoms with Gasteiger partial charge >= 0.3 is 0 Å². The standard InChI is InChI=1S/C46H26S2/c1-3-15-29-27(12-1)14-11-22-32(29)41-33-18-5-7-20-35(33)42(36-21-8-6-19-34(36)41)43-45-38(31-17-9-10-23-40(31)47-45)26-39-37-25-24-28-13-2-4-16-30(28)44(37)48-46(39)43/h1-26H. The number of hydrogen-bond acceptors (Lipinski definition) is 2. The quantitative estimate of drug-likeness (QED) is 0.165. The van der Waals surface area contributed by atoms with Crippen molar-refractivity contribution in [3.05, 3.63) is 158 Å². The van der Waals surface area contributed by atoms with Crippen LogP contribution in [0, 0.1) is 0 Å². The Morgan fingerprint density at radius 3 is 1.52 bits per heavy atom. The summed E-state index contributed by atoms with van der Waals surface area (Å²) in [5, 5.41) is 15.7. The molecule has 0 aliphatic carbocycles. The van der Waals surface area contributed by atoms with Crippen molar-refractivity contribution in [1.29, 1.82) is 0 Å². The molecule has 0 saturated carbocycles. The van der Waals surface area contributed by atoms with Crippen molar-refractivity contribution in [2.24, 2.45) is 0 Å². The Morgan fingerprint density at radius 2 is 0.792 bits per heavy atom. The average Bonchev–Trinajstić information content (AvgIpc) is 3.71. The first-order valence-corrected chi connectivity index (χ1v) is 18.1. The van der Waals surface area contributed by atoms with Crippen LogP contribution >= 0.6 is 22.7 Å². The van der Waals surface area contributed by atoms with Crippen molar-refractivity contribution in [2.45, 2.75) is 0 Å². The van der Waals surface area contributed by atoms with Crippen LogP contribution in [0.5, 0.6) is 0 Å². The summed E-state index contributed by atoms with van der Waals surface area (Å²) in [6.07, 6.45) is 0. The van der Waals surface area contributed by atoms with E-state index >= 15 is 0 Å². The van der Waals surface area contributed by atoms with Gasteiger partial charge in [-0.1, -0.05) is 146 Å². The maximum Gasteiger partial charge on any atom is 0.0449 e. The maximum atomic E-state index is 2.48. The maximum absolute atomic E-state index is 2.48. The molecule has 222 valence electrons. The molecule has 0 nitrogen and oxygen atoms in total. The van der Waals surface area contributed by atoms with Gasteiger partial charge in [0.15, 0.2) is 0 Å². The van der Waals surface area contributed by atoms with E-state index < -0.39 is 0 Å². The van der Waals surface area contributed by atoms with Gasteiger partial charge in [0, 0.05) is 51.5 Å². The second kappa shape index (κ2) is 9.98. The lowest BCUT2D eigenvalue weighted by Gasteiger charge is -2.19. The van der Waals surface area contributed by atoms with Crippen LogP contribution < -0.4 is 0 Å². The van der Waals surface area contributed by atoms with Crippen molar-refractivity contribution < 1.29 is 0 Å². The van der Waals surface area contributed by atoms with Crippen LogP contribution in [-0.4, -0.2) is 0 Å². The molecule has 2 heterocycles. The van der Waals surface area contributed by atoms with Crippen LogP contribution in [0.1, 0.15) is 0 Å². The lowest BCUT2D eigenvalue weighted by molar-refractivity contribution is 1.70. The minimum atomic E-state index is 1.27. The molecule has 0 N–H and O–H groups in total. The zero-order valence-corrected chi connectivity index (χ0v) is 27.5. The highest BCUT2D eigenvalue weighted by molar-refractivity contribution is 7.29. The van der Waals surface area contributed by atoms with Gasteiger partial charge in [0.1, 0.15) is 0 Å². The van der Waals surface area contributed by atoms with Crippen molar-refractivity contribution in [1.82, 2.24) is 0 Å². The molecule has 0 fully saturated rings. The fourth-order valence-electron chi connectivity index (χ4n) is 8.17. The molecule has 0 amide bonds. The summed E-state index contributed by atoms with van der Waals surface area (Å²) >= 11 is 3.90. The van der Waals surface area contributed by atoms with Gasteiger partial charge in [0.25, 0.3) is 0 Å². The third-order valence-corrected chi connectivity index (χ3v) is 12.7. The Morgan fingerprint density at radius 1 is 0.271 bits per heavy atom. The average molecular weight is 643 g/mol. The van der Waals surface area contributed by atoms with E-state index in [9.17, 15) is 0 Å². The fraction of sp³-hybridized carbons (Fsp3) is 0. The van der Waals surface area contributed by atoms with Crippen LogP contribution in [0.25, 0.3) is 106 Å². The Bertz CT molecular complexity index is 3060. The van der Waals surface area contributed by atoms with Crippen LogP contribution in [0.4, 0.5) is 0 Å². The molecule has 0 aliphatic rings. The monoisotopic (exact) mass is 642 g/mol. The molecule has 0 bridgehead atoms. The van der Waals surface area contributed by atoms with Crippen LogP contribution in [-0.2, 0) is 0 Å². The second-order valence-electron chi connectivity index (χ2n) is 12.7. The topological polar surface area (TPSA) is 0 Å². The molecule has 2 aromatic heterocycles. The number of fused-ring (bicyclic) bond motifs is 11. The zero-order valence-electron chi connectivity index (χ0n) is 25.8. The van der Waals surface area contributed by atoms with E-state index in [1.54, 1.807) is 0 Å². The first-order chi connectivity index (χ1) is 23.8. The lowest BCUT2D eigenvalue weighted by Crippen LogP contribution is -1.92. The summed E-state index contributed by atoms with van der Waals surface area (Å²) in [5.74, 6) is 0. The first-order valence-electron chi connectivity index (χ1n) is 16.4. The fourth-order valence-corrected chi connectivity index (χ4v) is 10.9. The van der Waals surface area contributed by atoms with E-state index in [-0.39, 0.29) is 0 Å². The first kappa shape index (κ1) is 26.5. The number of hydrogen-bond donors (Lipinski definition) is 0. The minimum absolute atomic E-state index is 1.27. The molecular formula is C46H26S2. The van der Waals surface area contributed by atoms with E-state index in [0.717, 1.165) is 0 Å². The SMILES string of the molecule is c1ccc2c(-c3c4ccccc4c(-c4c5sc6ccccc6c5cc5c4sc4c6ccccc6ccc54)c4ccccc34)cccc2c1. The summed E-state index contributed by atoms with van der Waals surface area (Å²) in [6, 6.07) is 58.6. The highest BCUT2D eigenvalue weighted by atomic mass is 32.1. The zero-order chi connectivity index (χ0) is 31.3. The summed E-state index contributed by atoms with van der Waals surface area (Å²) in [5.41, 5.74) is 5.29. The van der Waals surface area contributed by atoms with Gasteiger partial charge < -0.3 is 0 Å². The van der Waals surface area contributed by atoms with Crippen LogP contribution in [0.3, 0.4) is 0 Å². The van der Waals surface area contributed by atoms with Crippen molar-refractivity contribution in [3.8, 4) is 22.3 Å². The molecule has 0 aliphatic heterocycles. The van der Waals surface area contributed by atoms with Gasteiger partial charge in [-0.15, -0.1) is 22.7 Å². The predicted molar refractivity (Wildman–Crippen MR) is 213 cm³/mol. The Labute approximate surface area is 284 Å². The number of rotatable bonds is 2. The molecular weight excluding hydrogens is 617 g/mol. The van der Waals surface area contributed by atoms with E-state index in [1.807, 2.05) is 22.7 Å². The minimum Gasteiger partial charge on any atom is -0.134 e. The molecule has 9 aromatic carbocycles. The van der Waals surface area contributed by atoms with Gasteiger partial charge in [-0.3, -0.25) is 0 Å². The molecule has 0 radical (unpaired) electrons. The molecule has 2 heteroatoms. The molecule has 11 rings (SSSR count). The van der Waals surface area contributed by atoms with Gasteiger partial charge in [-0.05, 0) is 66.3 Å². The summed E-state index contributed by atoms with van der Waals surface area (Å²) in [7, 11) is 0. The van der Waals surface area contributed by atoms with Gasteiger partial charge in [0.05, 0.1) is 0 Å². The van der Waals surface area contributed by atoms with Crippen LogP contribution in [0.2, 0.25) is 0 Å². The van der Waals surface area contributed by atoms with Crippen molar-refractivity contribution in [3.63, 3.8) is 0 Å². The Kier molecular flexibility index (Phi) is 5.51. The summed E-state index contributed by atoms with van der Waals surface area (Å²) in [6.45, 7) is 0. The highest BCUT2D eigenvalue weighted by Gasteiger charge is 2.24. The van der Waals surface area contributed by atoms with Gasteiger partial charge in [0.2, 0.25) is 0 Å². The smallest absolute Gasteiger partial charge is 0.0449 e. The second-order valence-corrected chi connectivity index (χ2v) is 14.8. The lowest BCUT2D eigenvalue weighted by atomic mass is 9.84. The van der Waals surface area contributed by atoms with E-state index in [1.165, 1.54) is 106 Å². The highest BCUT2D eigenvalue weighted by Crippen LogP contribution is 2.54. The van der Waals surface area contributed by atoms with Crippen molar-refractivity contribution >= 4 is 106 Å². The third kappa shape index (κ3) is 3.59. The van der Waals surface area contributed by atoms with Gasteiger partial charge in [-0.2, -0.15) is 0 Å². The van der Waals surface area contributed by atoms with E-state index in [2.05, 4.69) is 158 Å². The van der Waals surface area contributed by atoms with Crippen LogP contribution in [0.15, 0.2) is 158 Å². The molecule has 48 heavy (non-hydrogen) atoms. The molecule has 0 saturated heterocycles. The van der Waals surface area contributed by atoms with E-state index in [4.69, 9.17) is 0 Å². The molecule has 0 atom stereocenters. The summed E-state index contributed by atoms with van der Waals surface area (Å²) < 4.78 is 5.44. The predicted octanol–water partition coefficient (Wildman–Crippen LogP) is 14.4. The number of thiophene rings is 2. The third-order valence-electron chi connectivity index (χ3n) is 10.2. The van der Waals surface area contributed by atoms with Crippen molar-refractivity contribution in [2.75, 3.05) is 0 Å².